The highest BCUT2D eigenvalue weighted by Crippen LogP contribution is 2.31. The lowest BCUT2D eigenvalue weighted by Gasteiger charge is -2.28. The zero-order chi connectivity index (χ0) is 20.2. The van der Waals surface area contributed by atoms with Gasteiger partial charge in [0.2, 0.25) is 5.91 Å². The summed E-state index contributed by atoms with van der Waals surface area (Å²) in [6.45, 7) is 1.83. The van der Waals surface area contributed by atoms with Crippen molar-refractivity contribution < 1.29 is 19.1 Å². The summed E-state index contributed by atoms with van der Waals surface area (Å²) in [7, 11) is 0. The van der Waals surface area contributed by atoms with Gasteiger partial charge in [-0.25, -0.2) is 0 Å². The van der Waals surface area contributed by atoms with Crippen LogP contribution in [0.15, 0.2) is 48.5 Å². The van der Waals surface area contributed by atoms with Crippen LogP contribution in [0.25, 0.3) is 0 Å². The molecule has 0 atom stereocenters. The summed E-state index contributed by atoms with van der Waals surface area (Å²) >= 11 is 0. The molecule has 2 aliphatic heterocycles. The molecule has 0 saturated carbocycles. The van der Waals surface area contributed by atoms with Crippen molar-refractivity contribution in [1.29, 1.82) is 0 Å². The van der Waals surface area contributed by atoms with Gasteiger partial charge in [0.15, 0.2) is 6.61 Å². The number of likely N-dealkylation sites (tertiary alicyclic amines) is 1. The van der Waals surface area contributed by atoms with Gasteiger partial charge < -0.3 is 15.0 Å². The van der Waals surface area contributed by atoms with Crippen LogP contribution in [0.4, 0.5) is 5.69 Å². The average Bonchev–Trinajstić information content (AvgIpc) is 3.29. The minimum Gasteiger partial charge on any atom is -0.482 e. The molecular weight excluding hydrogens is 370 g/mol. The first kappa shape index (κ1) is 19.0. The zero-order valence-electron chi connectivity index (χ0n) is 16.1. The number of carbonyl (C=O) groups is 3. The SMILES string of the molecule is O=C(CN1C(=O)COc2ccccc21)NCc1ccc(C(=O)N2CCCC2)cc1. The molecule has 0 spiro atoms. The minimum absolute atomic E-state index is 0.0579. The molecule has 2 aromatic carbocycles. The second-order valence-electron chi connectivity index (χ2n) is 7.21. The topological polar surface area (TPSA) is 79.0 Å². The van der Waals surface area contributed by atoms with Gasteiger partial charge in [-0.05, 0) is 42.7 Å². The van der Waals surface area contributed by atoms with Crippen molar-refractivity contribution in [2.75, 3.05) is 31.1 Å². The number of hydrogen-bond acceptors (Lipinski definition) is 4. The molecular formula is C22H23N3O4. The molecule has 2 aliphatic rings. The number of amides is 3. The molecule has 3 amide bonds. The summed E-state index contributed by atoms with van der Waals surface area (Å²) < 4.78 is 5.39. The smallest absolute Gasteiger partial charge is 0.265 e. The van der Waals surface area contributed by atoms with E-state index in [-0.39, 0.29) is 30.9 Å². The summed E-state index contributed by atoms with van der Waals surface area (Å²) in [6.07, 6.45) is 2.12. The second-order valence-corrected chi connectivity index (χ2v) is 7.21. The molecule has 4 rings (SSSR count). The average molecular weight is 393 g/mol. The molecule has 0 aliphatic carbocycles. The van der Waals surface area contributed by atoms with Gasteiger partial charge in [0, 0.05) is 25.2 Å². The minimum atomic E-state index is -0.257. The number of anilines is 1. The fourth-order valence-electron chi connectivity index (χ4n) is 3.60. The van der Waals surface area contributed by atoms with Crippen LogP contribution >= 0.6 is 0 Å². The molecule has 7 heteroatoms. The van der Waals surface area contributed by atoms with Crippen LogP contribution in [0.2, 0.25) is 0 Å². The van der Waals surface area contributed by atoms with E-state index in [1.165, 1.54) is 4.90 Å². The zero-order valence-corrected chi connectivity index (χ0v) is 16.1. The van der Waals surface area contributed by atoms with Crippen LogP contribution in [-0.2, 0) is 16.1 Å². The lowest BCUT2D eigenvalue weighted by Crippen LogP contribution is -2.45. The van der Waals surface area contributed by atoms with Crippen molar-refractivity contribution >= 4 is 23.4 Å². The Hall–Kier alpha value is -3.35. The highest BCUT2D eigenvalue weighted by molar-refractivity contribution is 6.02. The van der Waals surface area contributed by atoms with E-state index in [1.807, 2.05) is 23.1 Å². The maximum Gasteiger partial charge on any atom is 0.265 e. The number of carbonyl (C=O) groups excluding carboxylic acids is 3. The van der Waals surface area contributed by atoms with Crippen molar-refractivity contribution in [3.8, 4) is 5.75 Å². The van der Waals surface area contributed by atoms with Crippen LogP contribution < -0.4 is 15.0 Å². The molecule has 29 heavy (non-hydrogen) atoms. The van der Waals surface area contributed by atoms with Gasteiger partial charge in [-0.3, -0.25) is 19.3 Å². The summed E-state index contributed by atoms with van der Waals surface area (Å²) in [5.41, 5.74) is 2.16. The summed E-state index contributed by atoms with van der Waals surface area (Å²) in [5.74, 6) is 0.150. The third-order valence-electron chi connectivity index (χ3n) is 5.19. The van der Waals surface area contributed by atoms with E-state index in [2.05, 4.69) is 5.32 Å². The number of nitrogens with zero attached hydrogens (tertiary/aromatic N) is 2. The fraction of sp³-hybridized carbons (Fsp3) is 0.318. The Morgan fingerprint density at radius 1 is 1.00 bits per heavy atom. The number of nitrogens with one attached hydrogen (secondary N) is 1. The van der Waals surface area contributed by atoms with E-state index in [4.69, 9.17) is 4.74 Å². The number of fused-ring (bicyclic) bond motifs is 1. The summed E-state index contributed by atoms with van der Waals surface area (Å²) in [4.78, 5) is 40.2. The summed E-state index contributed by atoms with van der Waals surface area (Å²) in [5, 5.41) is 2.83. The van der Waals surface area contributed by atoms with Crippen molar-refractivity contribution in [2.24, 2.45) is 0 Å². The van der Waals surface area contributed by atoms with E-state index in [9.17, 15) is 14.4 Å². The first-order chi connectivity index (χ1) is 14.1. The molecule has 1 saturated heterocycles. The highest BCUT2D eigenvalue weighted by Gasteiger charge is 2.26. The van der Waals surface area contributed by atoms with Gasteiger partial charge in [-0.2, -0.15) is 0 Å². The largest absolute Gasteiger partial charge is 0.482 e. The van der Waals surface area contributed by atoms with Gasteiger partial charge in [-0.15, -0.1) is 0 Å². The Morgan fingerprint density at radius 2 is 1.72 bits per heavy atom. The van der Waals surface area contributed by atoms with Crippen LogP contribution in [0.3, 0.4) is 0 Å². The Morgan fingerprint density at radius 3 is 2.48 bits per heavy atom. The second kappa shape index (κ2) is 8.34. The lowest BCUT2D eigenvalue weighted by molar-refractivity contribution is -0.125. The molecule has 0 bridgehead atoms. The highest BCUT2D eigenvalue weighted by atomic mass is 16.5. The van der Waals surface area contributed by atoms with E-state index >= 15 is 0 Å². The quantitative estimate of drug-likeness (QED) is 0.842. The number of rotatable bonds is 5. The standard InChI is InChI=1S/C22H23N3O4/c26-20(14-25-18-5-1-2-6-19(18)29-15-21(25)27)23-13-16-7-9-17(10-8-16)22(28)24-11-3-4-12-24/h1-2,5-10H,3-4,11-15H2,(H,23,26). The van der Waals surface area contributed by atoms with E-state index < -0.39 is 0 Å². The Balaban J connectivity index is 1.33. The lowest BCUT2D eigenvalue weighted by atomic mass is 10.1. The van der Waals surface area contributed by atoms with Crippen molar-refractivity contribution in [3.05, 3.63) is 59.7 Å². The molecule has 0 unspecified atom stereocenters. The molecule has 1 N–H and O–H groups in total. The molecule has 150 valence electrons. The Bertz CT molecular complexity index is 920. The molecule has 0 radical (unpaired) electrons. The van der Waals surface area contributed by atoms with Crippen LogP contribution in [0.1, 0.15) is 28.8 Å². The molecule has 0 aromatic heterocycles. The Kier molecular flexibility index (Phi) is 5.46. The van der Waals surface area contributed by atoms with Gasteiger partial charge in [-0.1, -0.05) is 24.3 Å². The molecule has 2 aromatic rings. The van der Waals surface area contributed by atoms with E-state index in [0.717, 1.165) is 31.5 Å². The normalized spacial score (nSPS) is 15.7. The van der Waals surface area contributed by atoms with Crippen LogP contribution in [0.5, 0.6) is 5.75 Å². The fourth-order valence-corrected chi connectivity index (χ4v) is 3.60. The van der Waals surface area contributed by atoms with Gasteiger partial charge in [0.25, 0.3) is 11.8 Å². The third-order valence-corrected chi connectivity index (χ3v) is 5.19. The third kappa shape index (κ3) is 4.23. The monoisotopic (exact) mass is 393 g/mol. The first-order valence-electron chi connectivity index (χ1n) is 9.79. The number of ether oxygens (including phenoxy) is 1. The first-order valence-corrected chi connectivity index (χ1v) is 9.79. The van der Waals surface area contributed by atoms with E-state index in [1.54, 1.807) is 30.3 Å². The molecule has 1 fully saturated rings. The number of hydrogen-bond donors (Lipinski definition) is 1. The number of benzene rings is 2. The van der Waals surface area contributed by atoms with Gasteiger partial charge in [0.1, 0.15) is 12.3 Å². The predicted octanol–water partition coefficient (Wildman–Crippen LogP) is 1.96. The van der Waals surface area contributed by atoms with Crippen LogP contribution in [-0.4, -0.2) is 48.9 Å². The molecule has 7 nitrogen and oxygen atoms in total. The van der Waals surface area contributed by atoms with Crippen molar-refractivity contribution in [3.63, 3.8) is 0 Å². The van der Waals surface area contributed by atoms with Crippen molar-refractivity contribution in [2.45, 2.75) is 19.4 Å². The maximum absolute atomic E-state index is 12.4. The van der Waals surface area contributed by atoms with E-state index in [0.29, 0.717) is 23.5 Å². The number of para-hydroxylation sites is 2. The maximum atomic E-state index is 12.4. The predicted molar refractivity (Wildman–Crippen MR) is 108 cm³/mol. The Labute approximate surface area is 169 Å². The molecule has 2 heterocycles. The summed E-state index contributed by atoms with van der Waals surface area (Å²) in [6, 6.07) is 14.4. The van der Waals surface area contributed by atoms with Crippen molar-refractivity contribution in [1.82, 2.24) is 10.2 Å². The van der Waals surface area contributed by atoms with Crippen LogP contribution in [0, 0.1) is 0 Å². The van der Waals surface area contributed by atoms with Gasteiger partial charge in [0.05, 0.1) is 5.69 Å². The van der Waals surface area contributed by atoms with Gasteiger partial charge >= 0.3 is 0 Å².